The van der Waals surface area contributed by atoms with Gasteiger partial charge in [0.05, 0.1) is 5.92 Å². The highest BCUT2D eigenvalue weighted by atomic mass is 16.5. The fraction of sp³-hybridized carbons (Fsp3) is 0.450. The predicted octanol–water partition coefficient (Wildman–Crippen LogP) is 2.17. The van der Waals surface area contributed by atoms with Crippen molar-refractivity contribution in [3.8, 4) is 5.75 Å². The molecule has 0 aliphatic carbocycles. The van der Waals surface area contributed by atoms with Crippen molar-refractivity contribution in [2.45, 2.75) is 31.9 Å². The summed E-state index contributed by atoms with van der Waals surface area (Å²) in [5, 5.41) is 12.5. The predicted molar refractivity (Wildman–Crippen MR) is 98.4 cm³/mol. The number of aliphatic hydroxyl groups excluding tert-OH is 1. The third-order valence-electron chi connectivity index (χ3n) is 5.04. The Balaban J connectivity index is 1.58. The summed E-state index contributed by atoms with van der Waals surface area (Å²) in [5.41, 5.74) is 5.44. The molecule has 3 atom stereocenters. The van der Waals surface area contributed by atoms with Crippen LogP contribution in [0.25, 0.3) is 10.8 Å². The van der Waals surface area contributed by atoms with E-state index < -0.39 is 6.10 Å². The number of fused-ring (bicyclic) bond motifs is 1. The standard InChI is InChI=1S/C20H26N2O3/c1-14-9-10-16(20(21)24)11-22(14)12-17(23)13-25-19-8-4-6-15-5-2-3-7-18(15)19/h2-8,14,16-17,23H,9-13H2,1H3,(H2,21,24). The van der Waals surface area contributed by atoms with E-state index in [0.717, 1.165) is 29.4 Å². The highest BCUT2D eigenvalue weighted by Gasteiger charge is 2.29. The van der Waals surface area contributed by atoms with E-state index in [0.29, 0.717) is 19.1 Å². The van der Waals surface area contributed by atoms with Gasteiger partial charge in [0.15, 0.2) is 0 Å². The third kappa shape index (κ3) is 4.30. The lowest BCUT2D eigenvalue weighted by molar-refractivity contribution is -0.124. The number of nitrogens with zero attached hydrogens (tertiary/aromatic N) is 1. The molecule has 3 N–H and O–H groups in total. The molecule has 1 aliphatic heterocycles. The Morgan fingerprint density at radius 1 is 1.28 bits per heavy atom. The maximum Gasteiger partial charge on any atom is 0.221 e. The van der Waals surface area contributed by atoms with Gasteiger partial charge in [-0.3, -0.25) is 9.69 Å². The van der Waals surface area contributed by atoms with Crippen molar-refractivity contribution in [1.29, 1.82) is 0 Å². The van der Waals surface area contributed by atoms with Crippen LogP contribution in [-0.2, 0) is 4.79 Å². The quantitative estimate of drug-likeness (QED) is 0.843. The zero-order valence-electron chi connectivity index (χ0n) is 14.6. The van der Waals surface area contributed by atoms with E-state index in [4.69, 9.17) is 10.5 Å². The number of amides is 1. The summed E-state index contributed by atoms with van der Waals surface area (Å²) < 4.78 is 5.86. The van der Waals surface area contributed by atoms with E-state index in [9.17, 15) is 9.90 Å². The summed E-state index contributed by atoms with van der Waals surface area (Å²) in [6.45, 7) is 3.44. The number of primary amides is 1. The van der Waals surface area contributed by atoms with Crippen LogP contribution < -0.4 is 10.5 Å². The second kappa shape index (κ2) is 7.85. The molecule has 3 unspecified atom stereocenters. The van der Waals surface area contributed by atoms with E-state index in [2.05, 4.69) is 11.8 Å². The van der Waals surface area contributed by atoms with Gasteiger partial charge in [0.25, 0.3) is 0 Å². The fourth-order valence-corrected chi connectivity index (χ4v) is 3.50. The molecule has 1 amide bonds. The van der Waals surface area contributed by atoms with Gasteiger partial charge in [-0.25, -0.2) is 0 Å². The van der Waals surface area contributed by atoms with Gasteiger partial charge in [-0.2, -0.15) is 0 Å². The van der Waals surface area contributed by atoms with Gasteiger partial charge in [-0.15, -0.1) is 0 Å². The molecule has 5 heteroatoms. The number of β-amino-alcohol motifs (C(OH)–C–C–N with tert-alkyl or cyclic N) is 1. The number of carbonyl (C=O) groups is 1. The normalized spacial score (nSPS) is 22.6. The van der Waals surface area contributed by atoms with Crippen molar-refractivity contribution in [2.24, 2.45) is 11.7 Å². The maximum absolute atomic E-state index is 11.4. The minimum atomic E-state index is -0.618. The minimum absolute atomic E-state index is 0.123. The van der Waals surface area contributed by atoms with Gasteiger partial charge in [0.2, 0.25) is 5.91 Å². The van der Waals surface area contributed by atoms with E-state index in [1.807, 2.05) is 42.5 Å². The second-order valence-corrected chi connectivity index (χ2v) is 6.92. The Bertz CT molecular complexity index is 728. The number of likely N-dealkylation sites (tertiary alicyclic amines) is 1. The summed E-state index contributed by atoms with van der Waals surface area (Å²) in [6.07, 6.45) is 1.13. The van der Waals surface area contributed by atoms with Crippen molar-refractivity contribution in [1.82, 2.24) is 4.90 Å². The number of nitrogens with two attached hydrogens (primary N) is 1. The van der Waals surface area contributed by atoms with E-state index in [1.165, 1.54) is 0 Å². The van der Waals surface area contributed by atoms with Crippen molar-refractivity contribution < 1.29 is 14.6 Å². The molecule has 2 aromatic rings. The Labute approximate surface area is 148 Å². The van der Waals surface area contributed by atoms with Gasteiger partial charge in [0.1, 0.15) is 18.5 Å². The second-order valence-electron chi connectivity index (χ2n) is 6.92. The third-order valence-corrected chi connectivity index (χ3v) is 5.04. The molecule has 5 nitrogen and oxygen atoms in total. The number of benzene rings is 2. The van der Waals surface area contributed by atoms with Crippen LogP contribution in [0, 0.1) is 5.92 Å². The average molecular weight is 342 g/mol. The number of hydrogen-bond acceptors (Lipinski definition) is 4. The van der Waals surface area contributed by atoms with Gasteiger partial charge in [-0.05, 0) is 31.2 Å². The largest absolute Gasteiger partial charge is 0.490 e. The highest BCUT2D eigenvalue weighted by Crippen LogP contribution is 2.26. The molecule has 1 fully saturated rings. The molecule has 0 saturated carbocycles. The lowest BCUT2D eigenvalue weighted by atomic mass is 9.93. The average Bonchev–Trinajstić information content (AvgIpc) is 2.61. The SMILES string of the molecule is CC1CCC(C(N)=O)CN1CC(O)COc1cccc2ccccc12. The van der Waals surface area contributed by atoms with Crippen molar-refractivity contribution in [3.05, 3.63) is 42.5 Å². The summed E-state index contributed by atoms with van der Waals surface area (Å²) in [5.74, 6) is 0.402. The van der Waals surface area contributed by atoms with Crippen LogP contribution in [-0.4, -0.2) is 47.8 Å². The molecular formula is C20H26N2O3. The Kier molecular flexibility index (Phi) is 5.56. The summed E-state index contributed by atoms with van der Waals surface area (Å²) >= 11 is 0. The van der Waals surface area contributed by atoms with E-state index in [1.54, 1.807) is 0 Å². The van der Waals surface area contributed by atoms with Gasteiger partial charge in [0, 0.05) is 24.5 Å². The number of aliphatic hydroxyl groups is 1. The first-order valence-corrected chi connectivity index (χ1v) is 8.86. The van der Waals surface area contributed by atoms with Crippen LogP contribution in [0.2, 0.25) is 0 Å². The van der Waals surface area contributed by atoms with Crippen molar-refractivity contribution >= 4 is 16.7 Å². The first-order chi connectivity index (χ1) is 12.0. The minimum Gasteiger partial charge on any atom is -0.490 e. The lowest BCUT2D eigenvalue weighted by Crippen LogP contribution is -2.49. The lowest BCUT2D eigenvalue weighted by Gasteiger charge is -2.37. The van der Waals surface area contributed by atoms with E-state index in [-0.39, 0.29) is 18.4 Å². The Morgan fingerprint density at radius 3 is 2.84 bits per heavy atom. The Morgan fingerprint density at radius 2 is 2.04 bits per heavy atom. The molecule has 2 aromatic carbocycles. The Hall–Kier alpha value is -2.11. The topological polar surface area (TPSA) is 75.8 Å². The van der Waals surface area contributed by atoms with Gasteiger partial charge < -0.3 is 15.6 Å². The summed E-state index contributed by atoms with van der Waals surface area (Å²) in [4.78, 5) is 13.6. The van der Waals surface area contributed by atoms with Crippen LogP contribution in [0.1, 0.15) is 19.8 Å². The molecule has 1 heterocycles. The van der Waals surface area contributed by atoms with Crippen LogP contribution in [0.3, 0.4) is 0 Å². The molecule has 1 saturated heterocycles. The van der Waals surface area contributed by atoms with Crippen LogP contribution in [0.4, 0.5) is 0 Å². The molecule has 1 aliphatic rings. The number of carbonyl (C=O) groups excluding carboxylic acids is 1. The molecule has 134 valence electrons. The maximum atomic E-state index is 11.4. The molecular weight excluding hydrogens is 316 g/mol. The fourth-order valence-electron chi connectivity index (χ4n) is 3.50. The number of rotatable bonds is 6. The van der Waals surface area contributed by atoms with Crippen LogP contribution in [0.5, 0.6) is 5.75 Å². The number of hydrogen-bond donors (Lipinski definition) is 2. The first-order valence-electron chi connectivity index (χ1n) is 8.86. The highest BCUT2D eigenvalue weighted by molar-refractivity contribution is 5.88. The summed E-state index contributed by atoms with van der Waals surface area (Å²) in [7, 11) is 0. The first kappa shape index (κ1) is 17.7. The molecule has 0 radical (unpaired) electrons. The number of ether oxygens (including phenoxy) is 1. The smallest absolute Gasteiger partial charge is 0.221 e. The van der Waals surface area contributed by atoms with Crippen LogP contribution in [0.15, 0.2) is 42.5 Å². The summed E-state index contributed by atoms with van der Waals surface area (Å²) in [6, 6.07) is 14.3. The number of piperidine rings is 1. The zero-order chi connectivity index (χ0) is 17.8. The molecule has 25 heavy (non-hydrogen) atoms. The monoisotopic (exact) mass is 342 g/mol. The van der Waals surface area contributed by atoms with Gasteiger partial charge in [-0.1, -0.05) is 36.4 Å². The molecule has 0 aromatic heterocycles. The zero-order valence-corrected chi connectivity index (χ0v) is 14.6. The van der Waals surface area contributed by atoms with Crippen LogP contribution >= 0.6 is 0 Å². The molecule has 0 spiro atoms. The molecule has 3 rings (SSSR count). The van der Waals surface area contributed by atoms with Crippen molar-refractivity contribution in [3.63, 3.8) is 0 Å². The van der Waals surface area contributed by atoms with E-state index >= 15 is 0 Å². The van der Waals surface area contributed by atoms with Crippen molar-refractivity contribution in [2.75, 3.05) is 19.7 Å². The van der Waals surface area contributed by atoms with Gasteiger partial charge >= 0.3 is 0 Å². The molecule has 0 bridgehead atoms.